The lowest BCUT2D eigenvalue weighted by molar-refractivity contribution is -0.125. The number of fused-ring (bicyclic) bond motifs is 1. The van der Waals surface area contributed by atoms with Crippen molar-refractivity contribution in [1.29, 1.82) is 0 Å². The fourth-order valence-corrected chi connectivity index (χ4v) is 3.81. The van der Waals surface area contributed by atoms with E-state index in [0.717, 1.165) is 22.5 Å². The Balaban J connectivity index is 1.51. The lowest BCUT2D eigenvalue weighted by Crippen LogP contribution is -2.32. The third-order valence-corrected chi connectivity index (χ3v) is 5.74. The SMILES string of the molecule is CNC(=O)[C@@H](CC(=O)c1ccc(-c2ccc(-c3cn4cc(C)ccc4n3)cc2)o1)C(C)C. The molecule has 1 N–H and O–H groups in total. The van der Waals surface area contributed by atoms with Crippen molar-refractivity contribution in [3.63, 3.8) is 0 Å². The molecular formula is C26H27N3O3. The molecule has 4 rings (SSSR count). The predicted octanol–water partition coefficient (Wildman–Crippen LogP) is 5.16. The summed E-state index contributed by atoms with van der Waals surface area (Å²) in [6.45, 7) is 5.93. The first-order valence-electron chi connectivity index (χ1n) is 10.8. The van der Waals surface area contributed by atoms with Crippen molar-refractivity contribution in [2.24, 2.45) is 11.8 Å². The maximum absolute atomic E-state index is 12.7. The average molecular weight is 430 g/mol. The van der Waals surface area contributed by atoms with Crippen LogP contribution in [0.2, 0.25) is 0 Å². The van der Waals surface area contributed by atoms with Crippen LogP contribution in [0.4, 0.5) is 0 Å². The summed E-state index contributed by atoms with van der Waals surface area (Å²) >= 11 is 0. The first-order valence-corrected chi connectivity index (χ1v) is 10.8. The third-order valence-electron chi connectivity index (χ3n) is 5.74. The van der Waals surface area contributed by atoms with Gasteiger partial charge in [0.1, 0.15) is 11.4 Å². The van der Waals surface area contributed by atoms with Crippen LogP contribution >= 0.6 is 0 Å². The number of amides is 1. The van der Waals surface area contributed by atoms with E-state index in [0.29, 0.717) is 5.76 Å². The summed E-state index contributed by atoms with van der Waals surface area (Å²) in [5.74, 6) is 0.271. The van der Waals surface area contributed by atoms with Crippen molar-refractivity contribution in [1.82, 2.24) is 14.7 Å². The summed E-state index contributed by atoms with van der Waals surface area (Å²) in [5, 5.41) is 2.64. The van der Waals surface area contributed by atoms with Crippen molar-refractivity contribution in [3.05, 3.63) is 72.2 Å². The van der Waals surface area contributed by atoms with Crippen LogP contribution in [0.1, 0.15) is 36.4 Å². The normalized spacial score (nSPS) is 12.3. The van der Waals surface area contributed by atoms with E-state index in [2.05, 4.69) is 23.4 Å². The Morgan fingerprint density at radius 1 is 1.00 bits per heavy atom. The molecule has 1 aromatic carbocycles. The molecule has 0 fully saturated rings. The van der Waals surface area contributed by atoms with Gasteiger partial charge in [0.25, 0.3) is 0 Å². The Labute approximate surface area is 187 Å². The predicted molar refractivity (Wildman–Crippen MR) is 124 cm³/mol. The number of carbonyl (C=O) groups is 2. The Morgan fingerprint density at radius 3 is 2.41 bits per heavy atom. The minimum absolute atomic E-state index is 0.0596. The molecule has 1 atom stereocenters. The molecular weight excluding hydrogens is 402 g/mol. The molecule has 1 amide bonds. The summed E-state index contributed by atoms with van der Waals surface area (Å²) in [4.78, 5) is 29.4. The molecule has 0 aliphatic rings. The molecule has 0 saturated heterocycles. The number of pyridine rings is 1. The average Bonchev–Trinajstić information content (AvgIpc) is 3.44. The standard InChI is InChI=1S/C26H27N3O3/c1-16(2)20(26(31)27-4)13-22(30)24-11-10-23(32-24)19-8-6-18(7-9-19)21-15-29-14-17(3)5-12-25(29)28-21/h5-12,14-16,20H,13H2,1-4H3,(H,27,31)/t20-/m0/s1. The number of benzene rings is 1. The summed E-state index contributed by atoms with van der Waals surface area (Å²) in [7, 11) is 1.59. The van der Waals surface area contributed by atoms with Crippen LogP contribution in [-0.4, -0.2) is 28.1 Å². The number of furan rings is 1. The second kappa shape index (κ2) is 8.83. The third kappa shape index (κ3) is 4.35. The van der Waals surface area contributed by atoms with Gasteiger partial charge in [-0.05, 0) is 36.6 Å². The summed E-state index contributed by atoms with van der Waals surface area (Å²) in [5.41, 5.74) is 4.85. The van der Waals surface area contributed by atoms with Crippen molar-refractivity contribution in [2.75, 3.05) is 7.05 Å². The Bertz CT molecular complexity index is 1270. The zero-order chi connectivity index (χ0) is 22.8. The van der Waals surface area contributed by atoms with Crippen molar-refractivity contribution >= 4 is 17.3 Å². The van der Waals surface area contributed by atoms with Gasteiger partial charge in [-0.3, -0.25) is 9.59 Å². The first kappa shape index (κ1) is 21.6. The zero-order valence-electron chi connectivity index (χ0n) is 18.8. The lowest BCUT2D eigenvalue weighted by atomic mass is 9.89. The van der Waals surface area contributed by atoms with Crippen LogP contribution in [0.5, 0.6) is 0 Å². The van der Waals surface area contributed by atoms with Crippen molar-refractivity contribution < 1.29 is 14.0 Å². The Kier molecular flexibility index (Phi) is 5.95. The second-order valence-electron chi connectivity index (χ2n) is 8.43. The fourth-order valence-electron chi connectivity index (χ4n) is 3.81. The summed E-state index contributed by atoms with van der Waals surface area (Å²) in [6.07, 6.45) is 4.19. The molecule has 164 valence electrons. The van der Waals surface area contributed by atoms with E-state index in [1.165, 1.54) is 5.56 Å². The van der Waals surface area contributed by atoms with E-state index in [4.69, 9.17) is 4.42 Å². The molecule has 6 nitrogen and oxygen atoms in total. The minimum atomic E-state index is -0.380. The van der Waals surface area contributed by atoms with Gasteiger partial charge in [0.2, 0.25) is 5.91 Å². The quantitative estimate of drug-likeness (QED) is 0.412. The van der Waals surface area contributed by atoms with Gasteiger partial charge in [0.05, 0.1) is 5.69 Å². The lowest BCUT2D eigenvalue weighted by Gasteiger charge is -2.17. The van der Waals surface area contributed by atoms with E-state index in [1.807, 2.05) is 60.8 Å². The molecule has 4 aromatic rings. The topological polar surface area (TPSA) is 76.6 Å². The molecule has 0 aliphatic heterocycles. The highest BCUT2D eigenvalue weighted by molar-refractivity contribution is 5.97. The van der Waals surface area contributed by atoms with Crippen LogP contribution < -0.4 is 5.32 Å². The number of ketones is 1. The maximum atomic E-state index is 12.7. The summed E-state index contributed by atoms with van der Waals surface area (Å²) < 4.78 is 7.85. The largest absolute Gasteiger partial charge is 0.453 e. The smallest absolute Gasteiger partial charge is 0.223 e. The van der Waals surface area contributed by atoms with Crippen LogP contribution in [0.15, 0.2) is 65.3 Å². The number of imidazole rings is 1. The maximum Gasteiger partial charge on any atom is 0.223 e. The fraction of sp³-hybridized carbons (Fsp3) is 0.269. The van der Waals surface area contributed by atoms with Crippen molar-refractivity contribution in [2.45, 2.75) is 27.2 Å². The van der Waals surface area contributed by atoms with Crippen molar-refractivity contribution in [3.8, 4) is 22.6 Å². The van der Waals surface area contributed by atoms with E-state index in [-0.39, 0.29) is 35.7 Å². The van der Waals surface area contributed by atoms with Gasteiger partial charge in [0.15, 0.2) is 11.5 Å². The van der Waals surface area contributed by atoms with Gasteiger partial charge in [-0.1, -0.05) is 44.2 Å². The molecule has 32 heavy (non-hydrogen) atoms. The van der Waals surface area contributed by atoms with Gasteiger partial charge in [-0.2, -0.15) is 0 Å². The monoisotopic (exact) mass is 429 g/mol. The number of Topliss-reactive ketones (excluding diaryl/α,β-unsaturated/α-hetero) is 1. The molecule has 0 spiro atoms. The minimum Gasteiger partial charge on any atom is -0.453 e. The molecule has 6 heteroatoms. The molecule has 0 saturated carbocycles. The number of hydrogen-bond acceptors (Lipinski definition) is 4. The van der Waals surface area contributed by atoms with Crippen LogP contribution in [-0.2, 0) is 4.79 Å². The highest BCUT2D eigenvalue weighted by Crippen LogP contribution is 2.28. The second-order valence-corrected chi connectivity index (χ2v) is 8.43. The van der Waals surface area contributed by atoms with Crippen LogP contribution in [0.25, 0.3) is 28.2 Å². The Hall–Kier alpha value is -3.67. The molecule has 0 unspecified atom stereocenters. The van der Waals surface area contributed by atoms with E-state index in [9.17, 15) is 9.59 Å². The number of aryl methyl sites for hydroxylation is 1. The number of nitrogens with zero attached hydrogens (tertiary/aromatic N) is 2. The van der Waals surface area contributed by atoms with Gasteiger partial charge in [0, 0.05) is 42.9 Å². The number of carbonyl (C=O) groups excluding carboxylic acids is 2. The van der Waals surface area contributed by atoms with Crippen LogP contribution in [0.3, 0.4) is 0 Å². The van der Waals surface area contributed by atoms with Gasteiger partial charge in [-0.15, -0.1) is 0 Å². The zero-order valence-corrected chi connectivity index (χ0v) is 18.8. The van der Waals surface area contributed by atoms with Gasteiger partial charge >= 0.3 is 0 Å². The molecule has 0 aliphatic carbocycles. The first-order chi connectivity index (χ1) is 15.4. The van der Waals surface area contributed by atoms with Gasteiger partial charge < -0.3 is 14.1 Å². The highest BCUT2D eigenvalue weighted by Gasteiger charge is 2.26. The molecule has 3 aromatic heterocycles. The molecule has 0 bridgehead atoms. The molecule has 3 heterocycles. The number of rotatable bonds is 7. The Morgan fingerprint density at radius 2 is 1.72 bits per heavy atom. The summed E-state index contributed by atoms with van der Waals surface area (Å²) in [6, 6.07) is 15.4. The molecule has 0 radical (unpaired) electrons. The van der Waals surface area contributed by atoms with E-state index >= 15 is 0 Å². The van der Waals surface area contributed by atoms with E-state index in [1.54, 1.807) is 19.2 Å². The number of aromatic nitrogens is 2. The van der Waals surface area contributed by atoms with Crippen LogP contribution in [0, 0.1) is 18.8 Å². The number of hydrogen-bond donors (Lipinski definition) is 1. The van der Waals surface area contributed by atoms with E-state index < -0.39 is 0 Å². The highest BCUT2D eigenvalue weighted by atomic mass is 16.3. The number of nitrogens with one attached hydrogen (secondary N) is 1. The van der Waals surface area contributed by atoms with Gasteiger partial charge in [-0.25, -0.2) is 4.98 Å².